The molecule has 1 unspecified atom stereocenters. The first-order chi connectivity index (χ1) is 12.7. The highest BCUT2D eigenvalue weighted by molar-refractivity contribution is 8.14. The van der Waals surface area contributed by atoms with Crippen LogP contribution in [0.3, 0.4) is 0 Å². The van der Waals surface area contributed by atoms with Crippen LogP contribution in [0, 0.1) is 0 Å². The van der Waals surface area contributed by atoms with Crippen LogP contribution in [0.25, 0.3) is 11.0 Å². The van der Waals surface area contributed by atoms with Crippen LogP contribution >= 0.6 is 23.4 Å². The van der Waals surface area contributed by atoms with Gasteiger partial charge in [0.05, 0.1) is 35.6 Å². The number of ether oxygens (including phenoxy) is 1. The third-order valence-corrected chi connectivity index (χ3v) is 5.26. The van der Waals surface area contributed by atoms with E-state index in [9.17, 15) is 4.79 Å². The second-order valence-electron chi connectivity index (χ2n) is 5.61. The molecule has 0 amide bonds. The Kier molecular flexibility index (Phi) is 4.57. The first-order valence-corrected chi connectivity index (χ1v) is 9.20. The Morgan fingerprint density at radius 2 is 2.27 bits per heavy atom. The molecule has 0 bridgehead atoms. The summed E-state index contributed by atoms with van der Waals surface area (Å²) in [6, 6.07) is 8.71. The zero-order valence-electron chi connectivity index (χ0n) is 13.7. The van der Waals surface area contributed by atoms with E-state index in [1.54, 1.807) is 31.6 Å². The summed E-state index contributed by atoms with van der Waals surface area (Å²) in [5, 5.41) is 5.13. The van der Waals surface area contributed by atoms with E-state index in [4.69, 9.17) is 20.8 Å². The van der Waals surface area contributed by atoms with Gasteiger partial charge in [-0.15, -0.1) is 0 Å². The standard InChI is InChI=1S/C18H14ClN3O3S/c1-24-15-8-20-6-5-13(15)21-18-22-14(9-26-18)11-7-10-3-2-4-12(19)16(10)25-17(11)23/h2-8,14H,9H2,1H3,(H,20,21,22). The van der Waals surface area contributed by atoms with Gasteiger partial charge in [0.1, 0.15) is 0 Å². The topological polar surface area (TPSA) is 76.7 Å². The van der Waals surface area contributed by atoms with Crippen molar-refractivity contribution in [2.45, 2.75) is 6.04 Å². The number of pyridine rings is 1. The molecule has 3 heterocycles. The van der Waals surface area contributed by atoms with Gasteiger partial charge in [0.2, 0.25) is 0 Å². The molecule has 3 aromatic rings. The highest BCUT2D eigenvalue weighted by Gasteiger charge is 2.24. The van der Waals surface area contributed by atoms with Gasteiger partial charge in [0.15, 0.2) is 16.5 Å². The maximum atomic E-state index is 12.4. The van der Waals surface area contributed by atoms with Crippen LogP contribution in [0.1, 0.15) is 11.6 Å². The van der Waals surface area contributed by atoms with E-state index in [2.05, 4.69) is 15.3 Å². The van der Waals surface area contributed by atoms with Crippen LogP contribution in [-0.4, -0.2) is 23.0 Å². The van der Waals surface area contributed by atoms with Gasteiger partial charge in [0, 0.05) is 17.3 Å². The third-order valence-electron chi connectivity index (χ3n) is 3.99. The molecule has 2 aromatic heterocycles. The molecule has 1 aromatic carbocycles. The van der Waals surface area contributed by atoms with Crippen LogP contribution < -0.4 is 15.7 Å². The monoisotopic (exact) mass is 387 g/mol. The highest BCUT2D eigenvalue weighted by atomic mass is 35.5. The van der Waals surface area contributed by atoms with Gasteiger partial charge in [-0.25, -0.2) is 4.79 Å². The number of amidine groups is 1. The number of aromatic nitrogens is 1. The number of halogens is 1. The summed E-state index contributed by atoms with van der Waals surface area (Å²) >= 11 is 7.62. The maximum absolute atomic E-state index is 12.4. The van der Waals surface area contributed by atoms with Crippen molar-refractivity contribution in [2.75, 3.05) is 18.2 Å². The Bertz CT molecular complexity index is 1070. The number of para-hydroxylation sites is 1. The number of hydrogen-bond donors (Lipinski definition) is 1. The van der Waals surface area contributed by atoms with Crippen LogP contribution in [0.4, 0.5) is 5.69 Å². The minimum Gasteiger partial charge on any atom is -0.493 e. The molecule has 1 atom stereocenters. The Labute approximate surface area is 158 Å². The molecular weight excluding hydrogens is 374 g/mol. The Morgan fingerprint density at radius 1 is 1.38 bits per heavy atom. The molecule has 1 aliphatic heterocycles. The highest BCUT2D eigenvalue weighted by Crippen LogP contribution is 2.33. The molecule has 1 aliphatic rings. The first-order valence-electron chi connectivity index (χ1n) is 7.83. The molecule has 0 saturated carbocycles. The fourth-order valence-electron chi connectivity index (χ4n) is 2.72. The molecule has 6 nitrogen and oxygen atoms in total. The number of methoxy groups -OCH3 is 1. The molecular formula is C18H14ClN3O3S. The van der Waals surface area contributed by atoms with Gasteiger partial charge in [0.25, 0.3) is 0 Å². The molecule has 0 radical (unpaired) electrons. The van der Waals surface area contributed by atoms with Crippen molar-refractivity contribution in [1.82, 2.24) is 4.98 Å². The Hall–Kier alpha value is -2.51. The van der Waals surface area contributed by atoms with Crippen LogP contribution in [0.15, 0.2) is 56.9 Å². The summed E-state index contributed by atoms with van der Waals surface area (Å²) in [6.45, 7) is 0. The lowest BCUT2D eigenvalue weighted by atomic mass is 10.1. The fraction of sp³-hybridized carbons (Fsp3) is 0.167. The number of rotatable bonds is 3. The van der Waals surface area contributed by atoms with Crippen LogP contribution in [-0.2, 0) is 0 Å². The van der Waals surface area contributed by atoms with Gasteiger partial charge in [-0.05, 0) is 18.2 Å². The second kappa shape index (κ2) is 7.01. The van der Waals surface area contributed by atoms with Crippen LogP contribution in [0.2, 0.25) is 5.02 Å². The zero-order valence-corrected chi connectivity index (χ0v) is 15.3. The normalized spacial score (nSPS) is 16.5. The lowest BCUT2D eigenvalue weighted by molar-refractivity contribution is 0.415. The maximum Gasteiger partial charge on any atom is 0.341 e. The lowest BCUT2D eigenvalue weighted by Gasteiger charge is -2.09. The minimum absolute atomic E-state index is 0.282. The average molecular weight is 388 g/mol. The largest absolute Gasteiger partial charge is 0.493 e. The average Bonchev–Trinajstić information content (AvgIpc) is 3.11. The van der Waals surface area contributed by atoms with E-state index in [-0.39, 0.29) is 6.04 Å². The predicted molar refractivity (Wildman–Crippen MR) is 105 cm³/mol. The van der Waals surface area contributed by atoms with Gasteiger partial charge < -0.3 is 14.5 Å². The SMILES string of the molecule is COc1cnccc1NC1=NC(c2cc3cccc(Cl)c3oc2=O)CS1. The van der Waals surface area contributed by atoms with Gasteiger partial charge in [-0.3, -0.25) is 9.98 Å². The Balaban J connectivity index is 1.65. The summed E-state index contributed by atoms with van der Waals surface area (Å²) in [7, 11) is 1.58. The number of thioether (sulfide) groups is 1. The van der Waals surface area contributed by atoms with Crippen molar-refractivity contribution in [1.29, 1.82) is 0 Å². The number of aliphatic imine (C=N–C) groups is 1. The van der Waals surface area contributed by atoms with Crippen molar-refractivity contribution >= 4 is 45.2 Å². The zero-order chi connectivity index (χ0) is 18.1. The summed E-state index contributed by atoms with van der Waals surface area (Å²) in [5.41, 5.74) is 1.28. The number of nitrogens with zero attached hydrogens (tertiary/aromatic N) is 2. The summed E-state index contributed by atoms with van der Waals surface area (Å²) in [5.74, 6) is 1.27. The van der Waals surface area contributed by atoms with E-state index in [0.29, 0.717) is 32.8 Å². The number of fused-ring (bicyclic) bond motifs is 1. The number of benzene rings is 1. The van der Waals surface area contributed by atoms with Crippen molar-refractivity contribution in [3.8, 4) is 5.75 Å². The third kappa shape index (κ3) is 3.15. The van der Waals surface area contributed by atoms with Crippen molar-refractivity contribution < 1.29 is 9.15 Å². The van der Waals surface area contributed by atoms with E-state index in [1.807, 2.05) is 18.2 Å². The minimum atomic E-state index is -0.414. The molecule has 8 heteroatoms. The van der Waals surface area contributed by atoms with Gasteiger partial charge >= 0.3 is 5.63 Å². The smallest absolute Gasteiger partial charge is 0.341 e. The van der Waals surface area contributed by atoms with E-state index >= 15 is 0 Å². The summed E-state index contributed by atoms with van der Waals surface area (Å²) in [6.07, 6.45) is 3.30. The summed E-state index contributed by atoms with van der Waals surface area (Å²) < 4.78 is 10.7. The predicted octanol–water partition coefficient (Wildman–Crippen LogP) is 4.11. The van der Waals surface area contributed by atoms with E-state index in [0.717, 1.165) is 11.1 Å². The molecule has 0 saturated heterocycles. The lowest BCUT2D eigenvalue weighted by Crippen LogP contribution is -2.11. The fourth-order valence-corrected chi connectivity index (χ4v) is 3.89. The molecule has 0 aliphatic carbocycles. The molecule has 132 valence electrons. The van der Waals surface area contributed by atoms with Crippen molar-refractivity contribution in [2.24, 2.45) is 4.99 Å². The van der Waals surface area contributed by atoms with E-state index < -0.39 is 5.63 Å². The number of nitrogens with one attached hydrogen (secondary N) is 1. The molecule has 26 heavy (non-hydrogen) atoms. The van der Waals surface area contributed by atoms with Gasteiger partial charge in [-0.1, -0.05) is 35.5 Å². The number of hydrogen-bond acceptors (Lipinski definition) is 7. The number of anilines is 1. The first kappa shape index (κ1) is 16.9. The molecule has 1 N–H and O–H groups in total. The van der Waals surface area contributed by atoms with Crippen LogP contribution in [0.5, 0.6) is 5.75 Å². The van der Waals surface area contributed by atoms with Crippen molar-refractivity contribution in [3.05, 3.63) is 63.7 Å². The van der Waals surface area contributed by atoms with Gasteiger partial charge in [-0.2, -0.15) is 0 Å². The quantitative estimate of drug-likeness (QED) is 0.681. The molecule has 0 spiro atoms. The second-order valence-corrected chi connectivity index (χ2v) is 7.03. The molecule has 0 fully saturated rings. The Morgan fingerprint density at radius 3 is 3.12 bits per heavy atom. The van der Waals surface area contributed by atoms with E-state index in [1.165, 1.54) is 11.8 Å². The van der Waals surface area contributed by atoms with Crippen molar-refractivity contribution in [3.63, 3.8) is 0 Å². The summed E-state index contributed by atoms with van der Waals surface area (Å²) in [4.78, 5) is 21.0. The molecule has 4 rings (SSSR count).